The molecule has 0 radical (unpaired) electrons. The highest BCUT2D eigenvalue weighted by Crippen LogP contribution is 2.31. The van der Waals surface area contributed by atoms with Crippen molar-refractivity contribution in [2.45, 2.75) is 19.8 Å². The lowest BCUT2D eigenvalue weighted by Crippen LogP contribution is -2.44. The van der Waals surface area contributed by atoms with E-state index in [2.05, 4.69) is 48.9 Å². The predicted molar refractivity (Wildman–Crippen MR) is 76.8 cm³/mol. The van der Waals surface area contributed by atoms with Gasteiger partial charge in [0.2, 0.25) is 0 Å². The van der Waals surface area contributed by atoms with Gasteiger partial charge in [-0.1, -0.05) is 19.9 Å². The minimum absolute atomic E-state index is 0.501. The molecule has 1 fully saturated rings. The van der Waals surface area contributed by atoms with Gasteiger partial charge in [0.25, 0.3) is 0 Å². The van der Waals surface area contributed by atoms with E-state index in [1.807, 2.05) is 0 Å². The van der Waals surface area contributed by atoms with Crippen LogP contribution in [0.5, 0.6) is 5.75 Å². The summed E-state index contributed by atoms with van der Waals surface area (Å²) in [4.78, 5) is 4.81. The summed E-state index contributed by atoms with van der Waals surface area (Å²) in [6.45, 7) is 8.87. The van der Waals surface area contributed by atoms with Gasteiger partial charge in [-0.25, -0.2) is 0 Å². The van der Waals surface area contributed by atoms with E-state index in [1.54, 1.807) is 7.11 Å². The molecular weight excluding hydrogens is 224 g/mol. The van der Waals surface area contributed by atoms with Crippen LogP contribution in [0, 0.1) is 0 Å². The number of methoxy groups -OCH3 is 1. The van der Waals surface area contributed by atoms with Crippen LogP contribution in [0.15, 0.2) is 18.2 Å². The number of benzene rings is 1. The zero-order valence-electron chi connectivity index (χ0n) is 11.9. The van der Waals surface area contributed by atoms with Crippen LogP contribution in [0.3, 0.4) is 0 Å². The summed E-state index contributed by atoms with van der Waals surface area (Å²) in [6.07, 6.45) is 0. The van der Waals surface area contributed by atoms with E-state index in [9.17, 15) is 0 Å². The van der Waals surface area contributed by atoms with Crippen molar-refractivity contribution in [1.82, 2.24) is 4.90 Å². The Morgan fingerprint density at radius 1 is 1.11 bits per heavy atom. The summed E-state index contributed by atoms with van der Waals surface area (Å²) in [6, 6.07) is 6.61. The normalized spacial score (nSPS) is 17.3. The van der Waals surface area contributed by atoms with Crippen molar-refractivity contribution in [2.24, 2.45) is 0 Å². The summed E-state index contributed by atoms with van der Waals surface area (Å²) in [5.74, 6) is 1.52. The smallest absolute Gasteiger partial charge is 0.124 e. The maximum atomic E-state index is 5.52. The molecule has 3 nitrogen and oxygen atoms in total. The number of likely N-dealkylation sites (N-methyl/N-ethyl adjacent to an activating group) is 1. The molecule has 1 aliphatic heterocycles. The zero-order chi connectivity index (χ0) is 13.1. The number of hydrogen-bond acceptors (Lipinski definition) is 3. The molecule has 1 aliphatic rings. The van der Waals surface area contributed by atoms with Gasteiger partial charge < -0.3 is 14.5 Å². The number of nitrogens with zero attached hydrogens (tertiary/aromatic N) is 2. The largest absolute Gasteiger partial charge is 0.496 e. The van der Waals surface area contributed by atoms with Crippen molar-refractivity contribution < 1.29 is 4.74 Å². The lowest BCUT2D eigenvalue weighted by Gasteiger charge is -2.34. The van der Waals surface area contributed by atoms with Crippen molar-refractivity contribution in [2.75, 3.05) is 45.2 Å². The van der Waals surface area contributed by atoms with Gasteiger partial charge in [-0.05, 0) is 24.6 Å². The monoisotopic (exact) mass is 248 g/mol. The molecule has 0 aliphatic carbocycles. The second-order valence-corrected chi connectivity index (χ2v) is 5.37. The Bertz CT molecular complexity index is 395. The van der Waals surface area contributed by atoms with Crippen LogP contribution in [0.4, 0.5) is 5.69 Å². The molecule has 0 amide bonds. The van der Waals surface area contributed by atoms with Crippen molar-refractivity contribution in [3.05, 3.63) is 23.8 Å². The van der Waals surface area contributed by atoms with Gasteiger partial charge in [-0.3, -0.25) is 0 Å². The Morgan fingerprint density at radius 2 is 1.78 bits per heavy atom. The average molecular weight is 248 g/mol. The fraction of sp³-hybridized carbons (Fsp3) is 0.600. The zero-order valence-corrected chi connectivity index (χ0v) is 11.9. The fourth-order valence-electron chi connectivity index (χ4n) is 2.44. The van der Waals surface area contributed by atoms with Crippen LogP contribution in [0.2, 0.25) is 0 Å². The van der Waals surface area contributed by atoms with E-state index >= 15 is 0 Å². The van der Waals surface area contributed by atoms with E-state index in [0.717, 1.165) is 31.9 Å². The second kappa shape index (κ2) is 5.61. The highest BCUT2D eigenvalue weighted by Gasteiger charge is 2.16. The Morgan fingerprint density at radius 3 is 2.33 bits per heavy atom. The molecule has 0 unspecified atom stereocenters. The number of anilines is 1. The molecule has 0 atom stereocenters. The topological polar surface area (TPSA) is 15.7 Å². The first-order chi connectivity index (χ1) is 8.61. The number of ether oxygens (including phenoxy) is 1. The predicted octanol–water partition coefficient (Wildman–Crippen LogP) is 2.57. The summed E-state index contributed by atoms with van der Waals surface area (Å²) >= 11 is 0. The van der Waals surface area contributed by atoms with E-state index in [-0.39, 0.29) is 0 Å². The first-order valence-corrected chi connectivity index (χ1v) is 6.73. The minimum Gasteiger partial charge on any atom is -0.496 e. The van der Waals surface area contributed by atoms with E-state index < -0.39 is 0 Å². The molecule has 1 heterocycles. The Kier molecular flexibility index (Phi) is 4.12. The van der Waals surface area contributed by atoms with Gasteiger partial charge in [0.05, 0.1) is 7.11 Å². The molecule has 3 heteroatoms. The number of rotatable bonds is 3. The molecule has 0 N–H and O–H groups in total. The van der Waals surface area contributed by atoms with E-state index in [0.29, 0.717) is 5.92 Å². The molecule has 0 aromatic heterocycles. The van der Waals surface area contributed by atoms with Gasteiger partial charge in [0.1, 0.15) is 5.75 Å². The minimum atomic E-state index is 0.501. The van der Waals surface area contributed by atoms with Gasteiger partial charge in [0, 0.05) is 37.9 Å². The van der Waals surface area contributed by atoms with Crippen molar-refractivity contribution in [3.8, 4) is 5.75 Å². The summed E-state index contributed by atoms with van der Waals surface area (Å²) in [7, 11) is 3.94. The molecule has 2 rings (SSSR count). The van der Waals surface area contributed by atoms with E-state index in [1.165, 1.54) is 11.3 Å². The molecule has 1 aromatic rings. The Hall–Kier alpha value is -1.22. The first kappa shape index (κ1) is 13.2. The third-order valence-corrected chi connectivity index (χ3v) is 3.71. The number of hydrogen-bond donors (Lipinski definition) is 0. The molecule has 1 saturated heterocycles. The van der Waals surface area contributed by atoms with Gasteiger partial charge in [-0.15, -0.1) is 0 Å². The van der Waals surface area contributed by atoms with E-state index in [4.69, 9.17) is 4.74 Å². The summed E-state index contributed by atoms with van der Waals surface area (Å²) < 4.78 is 5.52. The average Bonchev–Trinajstić information content (AvgIpc) is 2.38. The Labute approximate surface area is 110 Å². The maximum absolute atomic E-state index is 5.52. The molecule has 0 bridgehead atoms. The molecular formula is C15H24N2O. The lowest BCUT2D eigenvalue weighted by molar-refractivity contribution is 0.312. The third kappa shape index (κ3) is 2.78. The molecule has 18 heavy (non-hydrogen) atoms. The highest BCUT2D eigenvalue weighted by molar-refractivity contribution is 5.54. The highest BCUT2D eigenvalue weighted by atomic mass is 16.5. The summed E-state index contributed by atoms with van der Waals surface area (Å²) in [5.41, 5.74) is 2.57. The van der Waals surface area contributed by atoms with Crippen LogP contribution in [-0.4, -0.2) is 45.2 Å². The van der Waals surface area contributed by atoms with Crippen LogP contribution in [0.1, 0.15) is 25.3 Å². The van der Waals surface area contributed by atoms with Gasteiger partial charge in [-0.2, -0.15) is 0 Å². The maximum Gasteiger partial charge on any atom is 0.124 e. The van der Waals surface area contributed by atoms with Crippen LogP contribution in [-0.2, 0) is 0 Å². The standard InChI is InChI=1S/C15H24N2O/c1-12(2)14-6-5-13(11-15(14)18-4)17-9-7-16(3)8-10-17/h5-6,11-12H,7-10H2,1-4H3. The van der Waals surface area contributed by atoms with Crippen LogP contribution < -0.4 is 9.64 Å². The lowest BCUT2D eigenvalue weighted by atomic mass is 10.0. The fourth-order valence-corrected chi connectivity index (χ4v) is 2.44. The van der Waals surface area contributed by atoms with Crippen molar-refractivity contribution in [1.29, 1.82) is 0 Å². The quantitative estimate of drug-likeness (QED) is 0.817. The first-order valence-electron chi connectivity index (χ1n) is 6.73. The molecule has 0 spiro atoms. The van der Waals surface area contributed by atoms with Gasteiger partial charge >= 0.3 is 0 Å². The third-order valence-electron chi connectivity index (χ3n) is 3.71. The van der Waals surface area contributed by atoms with Crippen molar-refractivity contribution in [3.63, 3.8) is 0 Å². The molecule has 0 saturated carbocycles. The molecule has 100 valence electrons. The number of piperazine rings is 1. The van der Waals surface area contributed by atoms with Crippen molar-refractivity contribution >= 4 is 5.69 Å². The SMILES string of the molecule is COc1cc(N2CCN(C)CC2)ccc1C(C)C. The second-order valence-electron chi connectivity index (χ2n) is 5.37. The van der Waals surface area contributed by atoms with Crippen LogP contribution in [0.25, 0.3) is 0 Å². The molecule has 1 aromatic carbocycles. The summed E-state index contributed by atoms with van der Waals surface area (Å²) in [5, 5.41) is 0. The van der Waals surface area contributed by atoms with Gasteiger partial charge in [0.15, 0.2) is 0 Å². The van der Waals surface area contributed by atoms with Crippen LogP contribution >= 0.6 is 0 Å². The Balaban J connectivity index is 2.19.